The summed E-state index contributed by atoms with van der Waals surface area (Å²) in [5.74, 6) is 0.889. The van der Waals surface area contributed by atoms with E-state index in [1.165, 1.54) is 0 Å². The van der Waals surface area contributed by atoms with E-state index >= 15 is 0 Å². The molecule has 138 valence electrons. The molecular formula is C21H20ClN3O2. The van der Waals surface area contributed by atoms with Crippen molar-refractivity contribution in [2.24, 2.45) is 0 Å². The van der Waals surface area contributed by atoms with Crippen molar-refractivity contribution >= 4 is 11.6 Å². The molecule has 27 heavy (non-hydrogen) atoms. The van der Waals surface area contributed by atoms with Gasteiger partial charge in [-0.05, 0) is 43.2 Å². The molecule has 0 aliphatic carbocycles. The first-order valence-electron chi connectivity index (χ1n) is 8.89. The molecule has 0 amide bonds. The van der Waals surface area contributed by atoms with Crippen molar-refractivity contribution < 1.29 is 5.11 Å². The fourth-order valence-electron chi connectivity index (χ4n) is 3.46. The Morgan fingerprint density at radius 1 is 1.22 bits per heavy atom. The highest BCUT2D eigenvalue weighted by Crippen LogP contribution is 2.26. The van der Waals surface area contributed by atoms with Gasteiger partial charge in [0.15, 0.2) is 0 Å². The minimum Gasteiger partial charge on any atom is -0.507 e. The third-order valence-corrected chi connectivity index (χ3v) is 5.24. The number of hydrogen-bond donors (Lipinski definition) is 2. The van der Waals surface area contributed by atoms with E-state index in [0.717, 1.165) is 34.5 Å². The highest BCUT2D eigenvalue weighted by molar-refractivity contribution is 6.30. The Kier molecular flexibility index (Phi) is 4.72. The average Bonchev–Trinajstić information content (AvgIpc) is 2.66. The van der Waals surface area contributed by atoms with Crippen molar-refractivity contribution in [2.75, 3.05) is 6.54 Å². The minimum atomic E-state index is -0.0806. The number of para-hydroxylation sites is 1. The highest BCUT2D eigenvalue weighted by atomic mass is 35.5. The molecule has 1 aromatic heterocycles. The Bertz CT molecular complexity index is 1040. The van der Waals surface area contributed by atoms with Crippen molar-refractivity contribution in [3.8, 4) is 17.1 Å². The number of nitrogens with one attached hydrogen (secondary N) is 1. The lowest BCUT2D eigenvalue weighted by atomic mass is 10.0. The molecular weight excluding hydrogens is 362 g/mol. The number of hydrogen-bond acceptors (Lipinski definition) is 4. The largest absolute Gasteiger partial charge is 0.507 e. The summed E-state index contributed by atoms with van der Waals surface area (Å²) in [6.45, 7) is 3.85. The van der Waals surface area contributed by atoms with Crippen molar-refractivity contribution in [3.63, 3.8) is 0 Å². The predicted molar refractivity (Wildman–Crippen MR) is 106 cm³/mol. The van der Waals surface area contributed by atoms with E-state index in [4.69, 9.17) is 16.6 Å². The molecule has 1 aliphatic rings. The van der Waals surface area contributed by atoms with E-state index < -0.39 is 0 Å². The Balaban J connectivity index is 1.62. The number of nitrogens with zero attached hydrogens (tertiary/aromatic N) is 2. The lowest BCUT2D eigenvalue weighted by Gasteiger charge is -2.28. The number of aromatic hydroxyl groups is 1. The van der Waals surface area contributed by atoms with Crippen LogP contribution in [0.2, 0.25) is 5.02 Å². The number of benzene rings is 2. The topological polar surface area (TPSA) is 69.2 Å². The van der Waals surface area contributed by atoms with Crippen molar-refractivity contribution in [1.82, 2.24) is 14.9 Å². The van der Waals surface area contributed by atoms with Gasteiger partial charge in [-0.2, -0.15) is 0 Å². The van der Waals surface area contributed by atoms with Crippen molar-refractivity contribution in [3.05, 3.63) is 80.2 Å². The molecule has 1 aliphatic heterocycles. The van der Waals surface area contributed by atoms with Crippen LogP contribution in [0.15, 0.2) is 47.3 Å². The zero-order chi connectivity index (χ0) is 19.0. The number of rotatable bonds is 3. The van der Waals surface area contributed by atoms with Crippen LogP contribution < -0.4 is 5.56 Å². The first-order valence-corrected chi connectivity index (χ1v) is 9.27. The Morgan fingerprint density at radius 2 is 2.00 bits per heavy atom. The van der Waals surface area contributed by atoms with Crippen molar-refractivity contribution in [1.29, 1.82) is 0 Å². The average molecular weight is 382 g/mol. The van der Waals surface area contributed by atoms with Gasteiger partial charge in [-0.25, -0.2) is 4.98 Å². The monoisotopic (exact) mass is 381 g/mol. The molecule has 2 heterocycles. The molecule has 0 unspecified atom stereocenters. The van der Waals surface area contributed by atoms with Gasteiger partial charge >= 0.3 is 0 Å². The summed E-state index contributed by atoms with van der Waals surface area (Å²) < 4.78 is 0. The van der Waals surface area contributed by atoms with Crippen molar-refractivity contribution in [2.45, 2.75) is 26.4 Å². The second-order valence-electron chi connectivity index (χ2n) is 6.89. The van der Waals surface area contributed by atoms with Crippen LogP contribution in [0.25, 0.3) is 11.4 Å². The van der Waals surface area contributed by atoms with Gasteiger partial charge in [-0.1, -0.05) is 29.8 Å². The summed E-state index contributed by atoms with van der Waals surface area (Å²) in [7, 11) is 0. The van der Waals surface area contributed by atoms with Gasteiger partial charge in [0.25, 0.3) is 5.56 Å². The second kappa shape index (κ2) is 7.18. The van der Waals surface area contributed by atoms with Crippen LogP contribution in [0.3, 0.4) is 0 Å². The van der Waals surface area contributed by atoms with E-state index in [1.54, 1.807) is 12.1 Å². The Morgan fingerprint density at radius 3 is 2.78 bits per heavy atom. The maximum atomic E-state index is 12.5. The number of phenolic OH excluding ortho intramolecular Hbond substituents is 1. The SMILES string of the molecule is Cc1cccc(CN2CCc3c(nc(-c4ccc(Cl)cc4)[nH]c3=O)C2)c1O. The number of aromatic amines is 1. The van der Waals surface area contributed by atoms with E-state index in [9.17, 15) is 9.90 Å². The number of H-pyrrole nitrogens is 1. The normalized spacial score (nSPS) is 14.1. The van der Waals surface area contributed by atoms with Crippen LogP contribution in [0, 0.1) is 6.92 Å². The van der Waals surface area contributed by atoms with Crippen LogP contribution in [0.4, 0.5) is 0 Å². The minimum absolute atomic E-state index is 0.0806. The second-order valence-corrected chi connectivity index (χ2v) is 7.33. The van der Waals surface area contributed by atoms with E-state index in [-0.39, 0.29) is 5.56 Å². The Hall–Kier alpha value is -2.63. The zero-order valence-corrected chi connectivity index (χ0v) is 15.8. The van der Waals surface area contributed by atoms with Crippen LogP contribution >= 0.6 is 11.6 Å². The molecule has 0 fully saturated rings. The highest BCUT2D eigenvalue weighted by Gasteiger charge is 2.22. The number of phenols is 1. The van der Waals surface area contributed by atoms with Crippen LogP contribution in [-0.4, -0.2) is 26.5 Å². The first kappa shape index (κ1) is 17.8. The van der Waals surface area contributed by atoms with Gasteiger partial charge in [0.05, 0.1) is 5.69 Å². The van der Waals surface area contributed by atoms with Gasteiger partial charge in [0.1, 0.15) is 11.6 Å². The first-order chi connectivity index (χ1) is 13.0. The molecule has 0 saturated carbocycles. The third-order valence-electron chi connectivity index (χ3n) is 4.99. The van der Waals surface area contributed by atoms with Crippen LogP contribution in [-0.2, 0) is 19.5 Å². The summed E-state index contributed by atoms with van der Waals surface area (Å²) >= 11 is 5.95. The molecule has 3 aromatic rings. The van der Waals surface area contributed by atoms with E-state index in [1.807, 2.05) is 37.3 Å². The number of halogens is 1. The molecule has 6 heteroatoms. The molecule has 0 bridgehead atoms. The molecule has 4 rings (SSSR count). The standard InChI is InChI=1S/C21H20ClN3O2/c1-13-3-2-4-15(19(13)26)11-25-10-9-17-18(12-25)23-20(24-21(17)27)14-5-7-16(22)8-6-14/h2-8,26H,9-12H2,1H3,(H,23,24,27). The van der Waals surface area contributed by atoms with Crippen LogP contribution in [0.1, 0.15) is 22.4 Å². The van der Waals surface area contributed by atoms with Crippen LogP contribution in [0.5, 0.6) is 5.75 Å². The lowest BCUT2D eigenvalue weighted by Crippen LogP contribution is -2.35. The lowest BCUT2D eigenvalue weighted by molar-refractivity contribution is 0.237. The van der Waals surface area contributed by atoms with Gasteiger partial charge in [-0.3, -0.25) is 9.69 Å². The fraction of sp³-hybridized carbons (Fsp3) is 0.238. The van der Waals surface area contributed by atoms with Gasteiger partial charge in [-0.15, -0.1) is 0 Å². The molecule has 0 radical (unpaired) electrons. The third kappa shape index (κ3) is 3.61. The van der Waals surface area contributed by atoms with Gasteiger partial charge in [0.2, 0.25) is 0 Å². The molecule has 0 atom stereocenters. The number of aryl methyl sites for hydroxylation is 1. The quantitative estimate of drug-likeness (QED) is 0.726. The molecule has 2 aromatic carbocycles. The summed E-state index contributed by atoms with van der Waals surface area (Å²) in [5.41, 5.74) is 4.04. The Labute approximate surface area is 162 Å². The van der Waals surface area contributed by atoms with E-state index in [0.29, 0.717) is 36.1 Å². The zero-order valence-electron chi connectivity index (χ0n) is 15.0. The number of fused-ring (bicyclic) bond motifs is 1. The summed E-state index contributed by atoms with van der Waals surface area (Å²) in [6, 6.07) is 13.0. The number of aromatic nitrogens is 2. The maximum absolute atomic E-state index is 12.5. The molecule has 2 N–H and O–H groups in total. The molecule has 0 spiro atoms. The van der Waals surface area contributed by atoms with E-state index in [2.05, 4.69) is 9.88 Å². The smallest absolute Gasteiger partial charge is 0.254 e. The molecule has 0 saturated heterocycles. The predicted octanol–water partition coefficient (Wildman–Crippen LogP) is 3.66. The van der Waals surface area contributed by atoms with Gasteiger partial charge < -0.3 is 10.1 Å². The maximum Gasteiger partial charge on any atom is 0.254 e. The summed E-state index contributed by atoms with van der Waals surface area (Å²) in [6.07, 6.45) is 0.644. The molecule has 5 nitrogen and oxygen atoms in total. The summed E-state index contributed by atoms with van der Waals surface area (Å²) in [5, 5.41) is 10.9. The van der Waals surface area contributed by atoms with Gasteiger partial charge in [0, 0.05) is 41.3 Å². The summed E-state index contributed by atoms with van der Waals surface area (Å²) in [4.78, 5) is 22.3. The fourth-order valence-corrected chi connectivity index (χ4v) is 3.59.